The smallest absolute Gasteiger partial charge is 0.272 e. The molecule has 0 aliphatic carbocycles. The second-order valence-electron chi connectivity index (χ2n) is 5.73. The summed E-state index contributed by atoms with van der Waals surface area (Å²) in [5.74, 6) is 0.0195. The molecule has 1 fully saturated rings. The van der Waals surface area contributed by atoms with Gasteiger partial charge in [-0.1, -0.05) is 29.8 Å². The van der Waals surface area contributed by atoms with Gasteiger partial charge >= 0.3 is 0 Å². The van der Waals surface area contributed by atoms with Crippen LogP contribution in [0.15, 0.2) is 42.6 Å². The predicted molar refractivity (Wildman–Crippen MR) is 92.8 cm³/mol. The molecule has 2 aromatic rings. The monoisotopic (exact) mass is 329 g/mol. The van der Waals surface area contributed by atoms with Gasteiger partial charge in [0, 0.05) is 36.5 Å². The molecule has 0 radical (unpaired) electrons. The summed E-state index contributed by atoms with van der Waals surface area (Å²) < 4.78 is 0. The van der Waals surface area contributed by atoms with Crippen molar-refractivity contribution in [3.63, 3.8) is 0 Å². The van der Waals surface area contributed by atoms with E-state index in [1.165, 1.54) is 6.42 Å². The van der Waals surface area contributed by atoms with Crippen LogP contribution in [0.4, 0.5) is 5.69 Å². The van der Waals surface area contributed by atoms with Crippen molar-refractivity contribution >= 4 is 23.2 Å². The molecular weight excluding hydrogens is 310 g/mol. The first-order valence-corrected chi connectivity index (χ1v) is 8.34. The minimum atomic E-state index is 0.0195. The lowest BCUT2D eigenvalue weighted by Crippen LogP contribution is -2.36. The molecule has 2 heterocycles. The lowest BCUT2D eigenvalue weighted by atomic mass is 10.1. The van der Waals surface area contributed by atoms with E-state index in [1.54, 1.807) is 6.20 Å². The van der Waals surface area contributed by atoms with Gasteiger partial charge < -0.3 is 10.2 Å². The lowest BCUT2D eigenvalue weighted by molar-refractivity contribution is 0.0718. The van der Waals surface area contributed by atoms with Crippen LogP contribution >= 0.6 is 11.6 Å². The first-order valence-electron chi connectivity index (χ1n) is 7.96. The zero-order valence-electron chi connectivity index (χ0n) is 13.0. The standard InChI is InChI=1S/C18H20ClN3O/c19-16-7-3-2-6-14(16)13-21-15-8-9-20-17(12-15)18(23)22-10-4-1-5-11-22/h2-3,6-9,12H,1,4-5,10-11,13H2,(H,20,21). The van der Waals surface area contributed by atoms with E-state index in [4.69, 9.17) is 11.6 Å². The van der Waals surface area contributed by atoms with Gasteiger partial charge in [0.25, 0.3) is 5.91 Å². The quantitative estimate of drug-likeness (QED) is 0.923. The summed E-state index contributed by atoms with van der Waals surface area (Å²) in [6.07, 6.45) is 5.04. The zero-order valence-corrected chi connectivity index (χ0v) is 13.7. The highest BCUT2D eigenvalue weighted by Gasteiger charge is 2.19. The Hall–Kier alpha value is -2.07. The van der Waals surface area contributed by atoms with Gasteiger partial charge in [-0.3, -0.25) is 9.78 Å². The summed E-state index contributed by atoms with van der Waals surface area (Å²) in [5.41, 5.74) is 2.39. The van der Waals surface area contributed by atoms with E-state index in [0.29, 0.717) is 12.2 Å². The number of rotatable bonds is 4. The van der Waals surface area contributed by atoms with E-state index < -0.39 is 0 Å². The molecule has 0 bridgehead atoms. The van der Waals surface area contributed by atoms with E-state index in [0.717, 1.165) is 42.2 Å². The van der Waals surface area contributed by atoms with Crippen LogP contribution in [-0.2, 0) is 6.54 Å². The van der Waals surface area contributed by atoms with E-state index in [-0.39, 0.29) is 5.91 Å². The molecule has 1 saturated heterocycles. The second-order valence-corrected chi connectivity index (χ2v) is 6.13. The van der Waals surface area contributed by atoms with Gasteiger partial charge in [-0.25, -0.2) is 0 Å². The maximum atomic E-state index is 12.5. The molecular formula is C18H20ClN3O. The Balaban J connectivity index is 1.67. The number of likely N-dealkylation sites (tertiary alicyclic amines) is 1. The topological polar surface area (TPSA) is 45.2 Å². The number of anilines is 1. The second kappa shape index (κ2) is 7.47. The number of aromatic nitrogens is 1. The summed E-state index contributed by atoms with van der Waals surface area (Å²) in [6.45, 7) is 2.27. The Kier molecular flexibility index (Phi) is 5.13. The number of halogens is 1. The van der Waals surface area contributed by atoms with E-state index in [1.807, 2.05) is 41.3 Å². The molecule has 1 aromatic carbocycles. The van der Waals surface area contributed by atoms with Crippen molar-refractivity contribution in [3.8, 4) is 0 Å². The van der Waals surface area contributed by atoms with Crippen molar-refractivity contribution in [2.75, 3.05) is 18.4 Å². The van der Waals surface area contributed by atoms with Crippen LogP contribution in [0.2, 0.25) is 5.02 Å². The molecule has 0 atom stereocenters. The molecule has 0 saturated carbocycles. The summed E-state index contributed by atoms with van der Waals surface area (Å²) in [6, 6.07) is 11.4. The number of amides is 1. The molecule has 0 unspecified atom stereocenters. The van der Waals surface area contributed by atoms with Crippen molar-refractivity contribution in [1.29, 1.82) is 0 Å². The Bertz CT molecular complexity index is 683. The largest absolute Gasteiger partial charge is 0.381 e. The first kappa shape index (κ1) is 15.8. The Morgan fingerprint density at radius 3 is 2.74 bits per heavy atom. The molecule has 1 amide bonds. The molecule has 0 spiro atoms. The van der Waals surface area contributed by atoms with Crippen molar-refractivity contribution in [2.45, 2.75) is 25.8 Å². The van der Waals surface area contributed by atoms with Gasteiger partial charge in [0.05, 0.1) is 0 Å². The fourth-order valence-corrected chi connectivity index (χ4v) is 2.96. The summed E-state index contributed by atoms with van der Waals surface area (Å²) in [7, 11) is 0. The molecule has 4 nitrogen and oxygen atoms in total. The summed E-state index contributed by atoms with van der Waals surface area (Å²) >= 11 is 6.16. The highest BCUT2D eigenvalue weighted by Crippen LogP contribution is 2.18. The van der Waals surface area contributed by atoms with Crippen LogP contribution in [0, 0.1) is 0 Å². The van der Waals surface area contributed by atoms with Crippen LogP contribution in [0.3, 0.4) is 0 Å². The van der Waals surface area contributed by atoms with Crippen LogP contribution in [0.1, 0.15) is 35.3 Å². The Morgan fingerprint density at radius 2 is 1.96 bits per heavy atom. The number of benzene rings is 1. The molecule has 1 aromatic heterocycles. The van der Waals surface area contributed by atoms with Crippen LogP contribution in [0.5, 0.6) is 0 Å². The molecule has 5 heteroatoms. The molecule has 1 aliphatic rings. The number of nitrogens with zero attached hydrogens (tertiary/aromatic N) is 2. The van der Waals surface area contributed by atoms with E-state index >= 15 is 0 Å². The number of piperidine rings is 1. The number of hydrogen-bond acceptors (Lipinski definition) is 3. The van der Waals surface area contributed by atoms with Crippen molar-refractivity contribution in [3.05, 3.63) is 58.9 Å². The highest BCUT2D eigenvalue weighted by molar-refractivity contribution is 6.31. The fraction of sp³-hybridized carbons (Fsp3) is 0.333. The maximum Gasteiger partial charge on any atom is 0.272 e. The third kappa shape index (κ3) is 4.02. The summed E-state index contributed by atoms with van der Waals surface area (Å²) in [5, 5.41) is 4.04. The van der Waals surface area contributed by atoms with Gasteiger partial charge in [-0.15, -0.1) is 0 Å². The molecule has 23 heavy (non-hydrogen) atoms. The maximum absolute atomic E-state index is 12.5. The predicted octanol–water partition coefficient (Wildman–Crippen LogP) is 3.97. The summed E-state index contributed by atoms with van der Waals surface area (Å²) in [4.78, 5) is 18.6. The van der Waals surface area contributed by atoms with E-state index in [2.05, 4.69) is 10.3 Å². The van der Waals surface area contributed by atoms with E-state index in [9.17, 15) is 4.79 Å². The average molecular weight is 330 g/mol. The molecule has 120 valence electrons. The Labute approximate surface area is 141 Å². The number of hydrogen-bond donors (Lipinski definition) is 1. The molecule has 1 N–H and O–H groups in total. The van der Waals surface area contributed by atoms with Crippen molar-refractivity contribution in [2.24, 2.45) is 0 Å². The lowest BCUT2D eigenvalue weighted by Gasteiger charge is -2.26. The number of carbonyl (C=O) groups excluding carboxylic acids is 1. The number of carbonyl (C=O) groups is 1. The van der Waals surface area contributed by atoms with Crippen LogP contribution < -0.4 is 5.32 Å². The average Bonchev–Trinajstić information content (AvgIpc) is 2.61. The fourth-order valence-electron chi connectivity index (χ4n) is 2.76. The third-order valence-electron chi connectivity index (χ3n) is 4.06. The normalized spacial score (nSPS) is 14.6. The van der Waals surface area contributed by atoms with Crippen molar-refractivity contribution < 1.29 is 4.79 Å². The zero-order chi connectivity index (χ0) is 16.1. The van der Waals surface area contributed by atoms with Gasteiger partial charge in [0.15, 0.2) is 0 Å². The van der Waals surface area contributed by atoms with Gasteiger partial charge in [-0.2, -0.15) is 0 Å². The van der Waals surface area contributed by atoms with Crippen LogP contribution in [-0.4, -0.2) is 28.9 Å². The molecule has 1 aliphatic heterocycles. The SMILES string of the molecule is O=C(c1cc(NCc2ccccc2Cl)ccn1)N1CCCCC1. The third-order valence-corrected chi connectivity index (χ3v) is 4.43. The number of pyridine rings is 1. The Morgan fingerprint density at radius 1 is 1.17 bits per heavy atom. The van der Waals surface area contributed by atoms with Gasteiger partial charge in [-0.05, 0) is 43.0 Å². The van der Waals surface area contributed by atoms with Crippen LogP contribution in [0.25, 0.3) is 0 Å². The minimum absolute atomic E-state index is 0.0195. The number of nitrogens with one attached hydrogen (secondary N) is 1. The first-order chi connectivity index (χ1) is 11.2. The van der Waals surface area contributed by atoms with Gasteiger partial charge in [0.2, 0.25) is 0 Å². The van der Waals surface area contributed by atoms with Crippen molar-refractivity contribution in [1.82, 2.24) is 9.88 Å². The van der Waals surface area contributed by atoms with Gasteiger partial charge in [0.1, 0.15) is 5.69 Å². The minimum Gasteiger partial charge on any atom is -0.381 e. The molecule has 3 rings (SSSR count). The highest BCUT2D eigenvalue weighted by atomic mass is 35.5.